The second kappa shape index (κ2) is 18.0. The van der Waals surface area contributed by atoms with Gasteiger partial charge in [-0.1, -0.05) is 107 Å². The Morgan fingerprint density at radius 2 is 1.28 bits per heavy atom. The van der Waals surface area contributed by atoms with E-state index in [0.29, 0.717) is 18.8 Å². The summed E-state index contributed by atoms with van der Waals surface area (Å²) in [5.74, 6) is -0.491. The summed E-state index contributed by atoms with van der Waals surface area (Å²) in [6, 6.07) is 16.0. The lowest BCUT2D eigenvalue weighted by Crippen LogP contribution is -2.58. The van der Waals surface area contributed by atoms with Crippen LogP contribution in [-0.2, 0) is 27.2 Å². The Bertz CT molecular complexity index is 1210. The van der Waals surface area contributed by atoms with E-state index in [0.717, 1.165) is 36.8 Å². The predicted molar refractivity (Wildman–Crippen MR) is 180 cm³/mol. The summed E-state index contributed by atoms with van der Waals surface area (Å²) in [5.41, 5.74) is 0.909. The summed E-state index contributed by atoms with van der Waals surface area (Å²) < 4.78 is 5.44. The summed E-state index contributed by atoms with van der Waals surface area (Å²) in [7, 11) is 0. The fraction of sp³-hybridized carbons (Fsp3) is 0.595. The van der Waals surface area contributed by atoms with E-state index in [9.17, 15) is 24.6 Å². The van der Waals surface area contributed by atoms with E-state index in [2.05, 4.69) is 16.0 Å². The van der Waals surface area contributed by atoms with Gasteiger partial charge in [-0.15, -0.1) is 0 Å². The van der Waals surface area contributed by atoms with Crippen LogP contribution in [0.4, 0.5) is 4.79 Å². The second-order valence-electron chi connectivity index (χ2n) is 14.2. The first-order valence-corrected chi connectivity index (χ1v) is 16.8. The highest BCUT2D eigenvalue weighted by Gasteiger charge is 2.34. The molecule has 3 amide bonds. The summed E-state index contributed by atoms with van der Waals surface area (Å²) >= 11 is 0. The van der Waals surface area contributed by atoms with Gasteiger partial charge in [-0.3, -0.25) is 9.59 Å². The number of benzene rings is 2. The zero-order valence-corrected chi connectivity index (χ0v) is 28.2. The number of rotatable bonds is 15. The molecule has 0 aromatic heterocycles. The first-order chi connectivity index (χ1) is 21.8. The number of aliphatic hydroxyl groups is 2. The van der Waals surface area contributed by atoms with Crippen LogP contribution in [0.2, 0.25) is 0 Å². The van der Waals surface area contributed by atoms with Gasteiger partial charge in [0, 0.05) is 12.8 Å². The molecule has 2 aromatic rings. The Kier molecular flexibility index (Phi) is 14.5. The van der Waals surface area contributed by atoms with E-state index in [1.165, 1.54) is 6.42 Å². The molecule has 46 heavy (non-hydrogen) atoms. The summed E-state index contributed by atoms with van der Waals surface area (Å²) in [4.78, 5) is 40.7. The number of aliphatic hydroxyl groups excluding tert-OH is 2. The molecular formula is C37H55N3O6. The number of ether oxygens (including phenoxy) is 1. The summed E-state index contributed by atoms with van der Waals surface area (Å²) in [6.45, 7) is 9.20. The normalized spacial score (nSPS) is 17.3. The van der Waals surface area contributed by atoms with Gasteiger partial charge in [0.2, 0.25) is 11.8 Å². The van der Waals surface area contributed by atoms with Crippen molar-refractivity contribution < 1.29 is 29.3 Å². The predicted octanol–water partition coefficient (Wildman–Crippen LogP) is 5.07. The molecule has 5 N–H and O–H groups in total. The second-order valence-corrected chi connectivity index (χ2v) is 14.2. The molecule has 0 radical (unpaired) electrons. The highest BCUT2D eigenvalue weighted by atomic mass is 16.6. The topological polar surface area (TPSA) is 137 Å². The molecule has 0 bridgehead atoms. The van der Waals surface area contributed by atoms with Crippen LogP contribution in [0.25, 0.3) is 0 Å². The van der Waals surface area contributed by atoms with Crippen LogP contribution in [0.15, 0.2) is 60.7 Å². The van der Waals surface area contributed by atoms with Crippen molar-refractivity contribution in [1.29, 1.82) is 0 Å². The van der Waals surface area contributed by atoms with Crippen molar-refractivity contribution in [2.75, 3.05) is 0 Å². The van der Waals surface area contributed by atoms with Gasteiger partial charge < -0.3 is 30.9 Å². The zero-order chi connectivity index (χ0) is 33.7. The van der Waals surface area contributed by atoms with E-state index in [1.54, 1.807) is 20.8 Å². The van der Waals surface area contributed by atoms with Crippen LogP contribution in [0.3, 0.4) is 0 Å². The molecule has 0 saturated heterocycles. The highest BCUT2D eigenvalue weighted by molar-refractivity contribution is 5.91. The first kappa shape index (κ1) is 37.0. The van der Waals surface area contributed by atoms with E-state index < -0.39 is 53.8 Å². The number of amides is 3. The van der Waals surface area contributed by atoms with Gasteiger partial charge in [-0.2, -0.15) is 0 Å². The van der Waals surface area contributed by atoms with Gasteiger partial charge in [0.25, 0.3) is 0 Å². The molecule has 1 aliphatic rings. The van der Waals surface area contributed by atoms with Gasteiger partial charge >= 0.3 is 6.09 Å². The van der Waals surface area contributed by atoms with E-state index >= 15 is 0 Å². The minimum absolute atomic E-state index is 0.167. The van der Waals surface area contributed by atoms with Gasteiger partial charge in [0.15, 0.2) is 0 Å². The van der Waals surface area contributed by atoms with E-state index in [1.807, 2.05) is 74.5 Å². The Balaban J connectivity index is 1.86. The Morgan fingerprint density at radius 3 is 1.78 bits per heavy atom. The van der Waals surface area contributed by atoms with Crippen molar-refractivity contribution in [2.45, 2.75) is 128 Å². The Labute approximate surface area is 274 Å². The summed E-state index contributed by atoms with van der Waals surface area (Å²) in [5, 5.41) is 30.8. The minimum atomic E-state index is -1.15. The molecule has 1 saturated carbocycles. The fourth-order valence-corrected chi connectivity index (χ4v) is 6.08. The third-order valence-corrected chi connectivity index (χ3v) is 8.36. The number of carbonyl (C=O) groups is 3. The molecule has 5 atom stereocenters. The van der Waals surface area contributed by atoms with Crippen LogP contribution >= 0.6 is 0 Å². The van der Waals surface area contributed by atoms with Gasteiger partial charge in [0.05, 0.1) is 12.1 Å². The number of nitrogens with one attached hydrogen (secondary N) is 3. The van der Waals surface area contributed by atoms with Crippen LogP contribution in [0, 0.1) is 11.8 Å². The zero-order valence-electron chi connectivity index (χ0n) is 28.2. The van der Waals surface area contributed by atoms with Crippen molar-refractivity contribution in [3.63, 3.8) is 0 Å². The molecule has 2 aromatic carbocycles. The largest absolute Gasteiger partial charge is 0.444 e. The smallest absolute Gasteiger partial charge is 0.408 e. The van der Waals surface area contributed by atoms with Gasteiger partial charge in [-0.05, 0) is 56.6 Å². The molecule has 3 rings (SSSR count). The van der Waals surface area contributed by atoms with E-state index in [-0.39, 0.29) is 18.8 Å². The molecule has 0 spiro atoms. The number of alkyl carbamates (subject to hydrolysis) is 1. The van der Waals surface area contributed by atoms with Crippen LogP contribution in [0.5, 0.6) is 0 Å². The van der Waals surface area contributed by atoms with Crippen molar-refractivity contribution in [3.05, 3.63) is 71.8 Å². The van der Waals surface area contributed by atoms with Crippen molar-refractivity contribution in [1.82, 2.24) is 16.0 Å². The van der Waals surface area contributed by atoms with Crippen molar-refractivity contribution >= 4 is 17.9 Å². The maximum atomic E-state index is 14.0. The standard InChI is InChI=1S/C37H55N3O6/c1-25(2)21-32(41)33(42)29(22-26-15-9-6-10-16-26)38-34(43)30(23-27-17-11-7-12-18-27)39-35(44)31(24-28-19-13-8-14-20-28)40-36(45)46-37(3,4)5/h7-8,11-14,17-20,25-26,29-33,41-42H,6,9-10,15-16,21-24H2,1-5H3,(H,38,43)(H,39,44)(H,40,45)/t29-,30-,31-,32-,33+/m0/s1. The van der Waals surface area contributed by atoms with E-state index in [4.69, 9.17) is 4.74 Å². The fourth-order valence-electron chi connectivity index (χ4n) is 6.08. The average Bonchev–Trinajstić information content (AvgIpc) is 3.00. The molecule has 9 nitrogen and oxygen atoms in total. The molecule has 0 aliphatic heterocycles. The highest BCUT2D eigenvalue weighted by Crippen LogP contribution is 2.29. The SMILES string of the molecule is CC(C)C[C@H](O)[C@H](O)[C@H](CC1CCCCC1)NC(=O)[C@H](Cc1ccccc1)NC(=O)[C@H](Cc1ccccc1)NC(=O)OC(C)(C)C. The minimum Gasteiger partial charge on any atom is -0.444 e. The van der Waals surface area contributed by atoms with Crippen LogP contribution < -0.4 is 16.0 Å². The Hall–Kier alpha value is -3.43. The Morgan fingerprint density at radius 1 is 0.783 bits per heavy atom. The van der Waals surface area contributed by atoms with Crippen molar-refractivity contribution in [3.8, 4) is 0 Å². The van der Waals surface area contributed by atoms with Crippen LogP contribution in [-0.4, -0.2) is 64.1 Å². The van der Waals surface area contributed by atoms with Crippen molar-refractivity contribution in [2.24, 2.45) is 11.8 Å². The lowest BCUT2D eigenvalue weighted by Gasteiger charge is -2.34. The monoisotopic (exact) mass is 637 g/mol. The molecule has 0 unspecified atom stereocenters. The maximum Gasteiger partial charge on any atom is 0.408 e. The lowest BCUT2D eigenvalue weighted by atomic mass is 9.82. The average molecular weight is 638 g/mol. The molecule has 9 heteroatoms. The van der Waals surface area contributed by atoms with Gasteiger partial charge in [-0.25, -0.2) is 4.79 Å². The number of hydrogen-bond donors (Lipinski definition) is 5. The third-order valence-electron chi connectivity index (χ3n) is 8.36. The quantitative estimate of drug-likeness (QED) is 0.185. The molecular weight excluding hydrogens is 582 g/mol. The van der Waals surface area contributed by atoms with Gasteiger partial charge in [0.1, 0.15) is 23.8 Å². The summed E-state index contributed by atoms with van der Waals surface area (Å²) in [6.07, 6.45) is 3.88. The first-order valence-electron chi connectivity index (χ1n) is 16.8. The van der Waals surface area contributed by atoms with Crippen LogP contribution in [0.1, 0.15) is 90.7 Å². The number of carbonyl (C=O) groups excluding carboxylic acids is 3. The lowest BCUT2D eigenvalue weighted by molar-refractivity contribution is -0.131. The molecule has 1 aliphatic carbocycles. The molecule has 0 heterocycles. The molecule has 1 fully saturated rings. The third kappa shape index (κ3) is 13.1. The molecule has 254 valence electrons. The maximum absolute atomic E-state index is 14.0. The number of hydrogen-bond acceptors (Lipinski definition) is 6.